The number of rotatable bonds is 2. The molecule has 122 valence electrons. The maximum Gasteiger partial charge on any atom is 0.343 e. The third kappa shape index (κ3) is 2.55. The third-order valence-corrected chi connectivity index (χ3v) is 4.39. The molecule has 0 amide bonds. The van der Waals surface area contributed by atoms with Crippen LogP contribution in [0, 0.1) is 18.3 Å². The molecule has 1 aromatic carbocycles. The molecule has 0 saturated carbocycles. The fraction of sp³-hybridized carbons (Fsp3) is 0.176. The molecule has 0 fully saturated rings. The van der Waals surface area contributed by atoms with E-state index in [1.165, 1.54) is 0 Å². The van der Waals surface area contributed by atoms with Gasteiger partial charge < -0.3 is 19.6 Å². The van der Waals surface area contributed by atoms with Gasteiger partial charge in [-0.3, -0.25) is 0 Å². The van der Waals surface area contributed by atoms with Gasteiger partial charge in [-0.2, -0.15) is 5.26 Å². The van der Waals surface area contributed by atoms with E-state index in [0.29, 0.717) is 27.3 Å². The zero-order chi connectivity index (χ0) is 17.4. The van der Waals surface area contributed by atoms with Crippen LogP contribution in [0.4, 0.5) is 0 Å². The summed E-state index contributed by atoms with van der Waals surface area (Å²) in [7, 11) is 1.56. The van der Waals surface area contributed by atoms with Crippen molar-refractivity contribution in [1.82, 2.24) is 0 Å². The van der Waals surface area contributed by atoms with Crippen molar-refractivity contribution in [3.8, 4) is 17.6 Å². The summed E-state index contributed by atoms with van der Waals surface area (Å²) < 4.78 is 16.6. The second-order valence-corrected chi connectivity index (χ2v) is 6.10. The zero-order valence-corrected chi connectivity index (χ0v) is 14.5. The van der Waals surface area contributed by atoms with Gasteiger partial charge in [0.15, 0.2) is 0 Å². The molecule has 2 N–H and O–H groups in total. The Bertz CT molecular complexity index is 956. The molecule has 6 nitrogen and oxygen atoms in total. The van der Waals surface area contributed by atoms with Gasteiger partial charge in [-0.25, -0.2) is 4.79 Å². The Morgan fingerprint density at radius 2 is 2.12 bits per heavy atom. The summed E-state index contributed by atoms with van der Waals surface area (Å²) in [5.74, 6) is 0.654. The Kier molecular flexibility index (Phi) is 4.08. The number of ether oxygens (including phenoxy) is 2. The van der Waals surface area contributed by atoms with Crippen LogP contribution >= 0.6 is 15.9 Å². The van der Waals surface area contributed by atoms with Gasteiger partial charge in [0.25, 0.3) is 0 Å². The number of fused-ring (bicyclic) bond motifs is 1. The first-order valence-corrected chi connectivity index (χ1v) is 7.81. The molecule has 0 spiro atoms. The second-order valence-electron chi connectivity index (χ2n) is 5.24. The highest BCUT2D eigenvalue weighted by molar-refractivity contribution is 9.10. The highest BCUT2D eigenvalue weighted by Crippen LogP contribution is 2.42. The van der Waals surface area contributed by atoms with Crippen molar-refractivity contribution < 1.29 is 13.9 Å². The van der Waals surface area contributed by atoms with Gasteiger partial charge in [-0.15, -0.1) is 0 Å². The molecule has 1 aliphatic rings. The minimum atomic E-state index is -0.669. The molecule has 3 rings (SSSR count). The van der Waals surface area contributed by atoms with E-state index in [9.17, 15) is 10.1 Å². The van der Waals surface area contributed by atoms with E-state index in [1.54, 1.807) is 38.3 Å². The van der Waals surface area contributed by atoms with Crippen molar-refractivity contribution in [2.75, 3.05) is 7.11 Å². The summed E-state index contributed by atoms with van der Waals surface area (Å²) >= 11 is 3.41. The largest absolute Gasteiger partial charge is 0.496 e. The molecule has 0 bridgehead atoms. The highest BCUT2D eigenvalue weighted by atomic mass is 79.9. The summed E-state index contributed by atoms with van der Waals surface area (Å²) in [4.78, 5) is 12.4. The molecule has 0 radical (unpaired) electrons. The van der Waals surface area contributed by atoms with E-state index in [0.717, 1.165) is 0 Å². The summed E-state index contributed by atoms with van der Waals surface area (Å²) in [6.07, 6.45) is 0. The average molecular weight is 389 g/mol. The minimum absolute atomic E-state index is 0.0214. The molecule has 0 saturated heterocycles. The van der Waals surface area contributed by atoms with E-state index in [-0.39, 0.29) is 17.0 Å². The van der Waals surface area contributed by atoms with Crippen molar-refractivity contribution in [3.63, 3.8) is 0 Å². The first-order chi connectivity index (χ1) is 11.5. The van der Waals surface area contributed by atoms with Crippen LogP contribution in [0.1, 0.15) is 22.8 Å². The number of nitrogens with zero attached hydrogens (tertiary/aromatic N) is 1. The Labute approximate surface area is 146 Å². The lowest BCUT2D eigenvalue weighted by Gasteiger charge is -2.25. The summed E-state index contributed by atoms with van der Waals surface area (Å²) in [6.45, 7) is 1.64. The van der Waals surface area contributed by atoms with E-state index >= 15 is 0 Å². The number of nitriles is 1. The average Bonchev–Trinajstić information content (AvgIpc) is 2.53. The van der Waals surface area contributed by atoms with Crippen LogP contribution in [-0.4, -0.2) is 7.11 Å². The van der Waals surface area contributed by atoms with Crippen molar-refractivity contribution in [2.24, 2.45) is 5.73 Å². The van der Waals surface area contributed by atoms with Crippen molar-refractivity contribution in [2.45, 2.75) is 12.8 Å². The predicted octanol–water partition coefficient (Wildman–Crippen LogP) is 2.94. The van der Waals surface area contributed by atoms with Crippen LogP contribution in [0.15, 0.2) is 49.4 Å². The number of hydrogen-bond acceptors (Lipinski definition) is 6. The summed E-state index contributed by atoms with van der Waals surface area (Å²) in [6, 6.07) is 8.92. The SMILES string of the molecule is COc1ccc([C@@H]2C(C#N)=C(N)Oc3cc(C)oc(=O)c32)cc1Br. The first kappa shape index (κ1) is 16.1. The van der Waals surface area contributed by atoms with Gasteiger partial charge >= 0.3 is 5.63 Å². The number of halogens is 1. The van der Waals surface area contributed by atoms with Gasteiger partial charge in [0.2, 0.25) is 5.88 Å². The van der Waals surface area contributed by atoms with Crippen LogP contribution in [0.5, 0.6) is 11.5 Å². The molecular formula is C17H13BrN2O4. The molecule has 0 unspecified atom stereocenters. The third-order valence-electron chi connectivity index (χ3n) is 3.77. The summed E-state index contributed by atoms with van der Waals surface area (Å²) in [5, 5.41) is 9.50. The number of hydrogen-bond donors (Lipinski definition) is 1. The molecule has 1 aromatic heterocycles. The molecule has 0 aliphatic carbocycles. The zero-order valence-electron chi connectivity index (χ0n) is 12.9. The summed E-state index contributed by atoms with van der Waals surface area (Å²) in [5.41, 5.74) is 6.45. The van der Waals surface area contributed by atoms with E-state index in [1.807, 2.05) is 6.07 Å². The van der Waals surface area contributed by atoms with Crippen LogP contribution in [-0.2, 0) is 0 Å². The van der Waals surface area contributed by atoms with Gasteiger partial charge in [0.1, 0.15) is 28.9 Å². The lowest BCUT2D eigenvalue weighted by molar-refractivity contribution is 0.371. The maximum atomic E-state index is 12.4. The topological polar surface area (TPSA) is 98.5 Å². The van der Waals surface area contributed by atoms with Gasteiger partial charge in [0.05, 0.1) is 23.1 Å². The standard InChI is InChI=1S/C17H13BrN2O4/c1-8-5-13-15(17(21)23-8)14(10(7-19)16(20)24-13)9-3-4-12(22-2)11(18)6-9/h3-6,14H,20H2,1-2H3/t14-/m1/s1. The first-order valence-electron chi connectivity index (χ1n) is 7.02. The minimum Gasteiger partial charge on any atom is -0.496 e. The smallest absolute Gasteiger partial charge is 0.343 e. The van der Waals surface area contributed by atoms with Gasteiger partial charge in [0, 0.05) is 6.07 Å². The predicted molar refractivity (Wildman–Crippen MR) is 89.7 cm³/mol. The highest BCUT2D eigenvalue weighted by Gasteiger charge is 2.34. The molecule has 1 aliphatic heterocycles. The van der Waals surface area contributed by atoms with Crippen LogP contribution in [0.2, 0.25) is 0 Å². The number of benzene rings is 1. The van der Waals surface area contributed by atoms with Crippen LogP contribution < -0.4 is 20.8 Å². The Balaban J connectivity index is 2.28. The number of nitrogens with two attached hydrogens (primary N) is 1. The van der Waals surface area contributed by atoms with Gasteiger partial charge in [-0.05, 0) is 40.5 Å². The second kappa shape index (κ2) is 6.06. The van der Waals surface area contributed by atoms with Crippen molar-refractivity contribution in [3.05, 3.63) is 67.5 Å². The number of allylic oxidation sites excluding steroid dienone is 1. The van der Waals surface area contributed by atoms with Crippen LogP contribution in [0.3, 0.4) is 0 Å². The quantitative estimate of drug-likeness (QED) is 0.848. The van der Waals surface area contributed by atoms with Crippen molar-refractivity contribution in [1.29, 1.82) is 5.26 Å². The fourth-order valence-corrected chi connectivity index (χ4v) is 3.27. The lowest BCUT2D eigenvalue weighted by Crippen LogP contribution is -2.26. The fourth-order valence-electron chi connectivity index (χ4n) is 2.71. The Hall–Kier alpha value is -2.72. The molecule has 24 heavy (non-hydrogen) atoms. The molecule has 1 atom stereocenters. The normalized spacial score (nSPS) is 16.2. The maximum absolute atomic E-state index is 12.4. The van der Waals surface area contributed by atoms with E-state index in [4.69, 9.17) is 19.6 Å². The number of methoxy groups -OCH3 is 1. The molecule has 7 heteroatoms. The van der Waals surface area contributed by atoms with Crippen molar-refractivity contribution >= 4 is 15.9 Å². The number of aryl methyl sites for hydroxylation is 1. The molecular weight excluding hydrogens is 376 g/mol. The monoisotopic (exact) mass is 388 g/mol. The Morgan fingerprint density at radius 3 is 2.75 bits per heavy atom. The van der Waals surface area contributed by atoms with E-state index in [2.05, 4.69) is 15.9 Å². The van der Waals surface area contributed by atoms with E-state index < -0.39 is 11.5 Å². The van der Waals surface area contributed by atoms with Crippen LogP contribution in [0.25, 0.3) is 0 Å². The van der Waals surface area contributed by atoms with Gasteiger partial charge in [-0.1, -0.05) is 6.07 Å². The molecule has 2 aromatic rings. The molecule has 2 heterocycles. The lowest BCUT2D eigenvalue weighted by atomic mass is 9.84. The Morgan fingerprint density at radius 1 is 1.38 bits per heavy atom.